The maximum atomic E-state index is 13.9. The third-order valence-electron chi connectivity index (χ3n) is 6.61. The van der Waals surface area contributed by atoms with Gasteiger partial charge in [-0.2, -0.15) is 0 Å². The predicted octanol–water partition coefficient (Wildman–Crippen LogP) is 6.58. The number of hydrogen-bond acceptors (Lipinski definition) is 3. The molecule has 0 fully saturated rings. The maximum Gasteiger partial charge on any atom is 0.325 e. The zero-order valence-electron chi connectivity index (χ0n) is 20.3. The van der Waals surface area contributed by atoms with Gasteiger partial charge in [-0.3, -0.25) is 4.90 Å². The molecule has 1 atom stereocenters. The van der Waals surface area contributed by atoms with Crippen LogP contribution in [-0.4, -0.2) is 22.5 Å². The van der Waals surface area contributed by atoms with Crippen LogP contribution in [-0.2, 0) is 19.5 Å². The summed E-state index contributed by atoms with van der Waals surface area (Å²) in [6.07, 6.45) is 2.54. The van der Waals surface area contributed by atoms with E-state index < -0.39 is 0 Å². The van der Waals surface area contributed by atoms with Gasteiger partial charge in [0.05, 0.1) is 12.2 Å². The van der Waals surface area contributed by atoms with Gasteiger partial charge in [-0.1, -0.05) is 66.7 Å². The van der Waals surface area contributed by atoms with Gasteiger partial charge in [-0.15, -0.1) is 0 Å². The maximum absolute atomic E-state index is 13.9. The zero-order valence-corrected chi connectivity index (χ0v) is 20.3. The molecule has 5 rings (SSSR count). The normalized spacial score (nSPS) is 13.6. The Bertz CT molecular complexity index is 1330. The van der Waals surface area contributed by atoms with Gasteiger partial charge in [0.1, 0.15) is 11.6 Å². The number of aromatic nitrogens is 1. The van der Waals surface area contributed by atoms with Gasteiger partial charge < -0.3 is 10.2 Å². The number of halogens is 1. The highest BCUT2D eigenvalue weighted by atomic mass is 19.1. The van der Waals surface area contributed by atoms with E-state index in [4.69, 9.17) is 0 Å². The fourth-order valence-corrected chi connectivity index (χ4v) is 4.58. The standard InChI is InChI=1S/C30H29FN4O/c1-22(24-7-3-2-4-8-24)33-29-19-28(15-17-32-29)35(20-23-11-13-27(31)14-12-23)30(36)34-18-16-25-9-5-6-10-26(25)21-34/h2-15,17,19,22H,16,18,20-21H2,1H3,(H,32,33)/t22-/m0/s1. The quantitative estimate of drug-likeness (QED) is 0.339. The number of nitrogens with zero attached hydrogens (tertiary/aromatic N) is 3. The smallest absolute Gasteiger partial charge is 0.325 e. The van der Waals surface area contributed by atoms with Crippen LogP contribution in [0, 0.1) is 5.82 Å². The Balaban J connectivity index is 1.42. The minimum atomic E-state index is -0.297. The minimum Gasteiger partial charge on any atom is -0.363 e. The molecule has 2 amide bonds. The largest absolute Gasteiger partial charge is 0.363 e. The molecule has 0 spiro atoms. The van der Waals surface area contributed by atoms with E-state index in [9.17, 15) is 9.18 Å². The molecule has 5 nitrogen and oxygen atoms in total. The minimum absolute atomic E-state index is 0.0498. The lowest BCUT2D eigenvalue weighted by Gasteiger charge is -2.34. The number of anilines is 2. The summed E-state index contributed by atoms with van der Waals surface area (Å²) in [5.41, 5.74) is 5.20. The molecule has 0 unspecified atom stereocenters. The van der Waals surface area contributed by atoms with Crippen molar-refractivity contribution in [2.75, 3.05) is 16.8 Å². The molecule has 1 aliphatic heterocycles. The molecule has 1 aliphatic rings. The summed E-state index contributed by atoms with van der Waals surface area (Å²) in [7, 11) is 0. The molecular formula is C30H29FN4O. The Labute approximate surface area is 211 Å². The summed E-state index contributed by atoms with van der Waals surface area (Å²) < 4.78 is 13.5. The predicted molar refractivity (Wildman–Crippen MR) is 141 cm³/mol. The van der Waals surface area contributed by atoms with Gasteiger partial charge in [-0.25, -0.2) is 14.2 Å². The van der Waals surface area contributed by atoms with E-state index in [2.05, 4.69) is 41.5 Å². The molecule has 0 saturated carbocycles. The first kappa shape index (κ1) is 23.5. The molecule has 0 saturated heterocycles. The summed E-state index contributed by atoms with van der Waals surface area (Å²) in [4.78, 5) is 22.0. The number of hydrogen-bond donors (Lipinski definition) is 1. The van der Waals surface area contributed by atoms with E-state index in [1.807, 2.05) is 47.4 Å². The molecule has 2 heterocycles. The number of carbonyl (C=O) groups excluding carboxylic acids is 1. The molecule has 1 N–H and O–H groups in total. The number of benzene rings is 3. The number of rotatable bonds is 6. The molecular weight excluding hydrogens is 451 g/mol. The number of nitrogens with one attached hydrogen (secondary N) is 1. The van der Waals surface area contributed by atoms with Crippen LogP contribution in [0.25, 0.3) is 0 Å². The lowest BCUT2D eigenvalue weighted by molar-refractivity contribution is 0.199. The monoisotopic (exact) mass is 480 g/mol. The van der Waals surface area contributed by atoms with Crippen LogP contribution >= 0.6 is 0 Å². The van der Waals surface area contributed by atoms with E-state index in [0.29, 0.717) is 25.5 Å². The first-order valence-corrected chi connectivity index (χ1v) is 12.2. The molecule has 36 heavy (non-hydrogen) atoms. The van der Waals surface area contributed by atoms with Crippen molar-refractivity contribution in [1.82, 2.24) is 9.88 Å². The van der Waals surface area contributed by atoms with Gasteiger partial charge in [0, 0.05) is 31.4 Å². The van der Waals surface area contributed by atoms with Crippen LogP contribution in [0.5, 0.6) is 0 Å². The molecule has 0 bridgehead atoms. The first-order valence-electron chi connectivity index (χ1n) is 12.2. The van der Waals surface area contributed by atoms with E-state index in [1.54, 1.807) is 23.2 Å². The highest BCUT2D eigenvalue weighted by Crippen LogP contribution is 2.26. The van der Waals surface area contributed by atoms with Crippen LogP contribution in [0.1, 0.15) is 35.2 Å². The topological polar surface area (TPSA) is 48.5 Å². The van der Waals surface area contributed by atoms with Crippen molar-refractivity contribution >= 4 is 17.5 Å². The summed E-state index contributed by atoms with van der Waals surface area (Å²) in [5.74, 6) is 0.388. The third kappa shape index (κ3) is 5.38. The van der Waals surface area contributed by atoms with Crippen LogP contribution < -0.4 is 10.2 Å². The second-order valence-corrected chi connectivity index (χ2v) is 9.11. The van der Waals surface area contributed by atoms with Gasteiger partial charge >= 0.3 is 6.03 Å². The molecule has 3 aromatic carbocycles. The SMILES string of the molecule is C[C@H](Nc1cc(N(Cc2ccc(F)cc2)C(=O)N2CCc3ccccc3C2)ccn1)c1ccccc1. The van der Waals surface area contributed by atoms with E-state index >= 15 is 0 Å². The number of urea groups is 1. The van der Waals surface area contributed by atoms with Crippen molar-refractivity contribution in [3.05, 3.63) is 125 Å². The number of fused-ring (bicyclic) bond motifs is 1. The van der Waals surface area contributed by atoms with Gasteiger partial charge in [0.15, 0.2) is 0 Å². The number of pyridine rings is 1. The van der Waals surface area contributed by atoms with Crippen LogP contribution in [0.2, 0.25) is 0 Å². The summed E-state index contributed by atoms with van der Waals surface area (Å²) >= 11 is 0. The highest BCUT2D eigenvalue weighted by Gasteiger charge is 2.26. The molecule has 6 heteroatoms. The van der Waals surface area contributed by atoms with Crippen molar-refractivity contribution < 1.29 is 9.18 Å². The molecule has 4 aromatic rings. The van der Waals surface area contributed by atoms with Crippen molar-refractivity contribution in [2.24, 2.45) is 0 Å². The Morgan fingerprint density at radius 3 is 2.50 bits per heavy atom. The van der Waals surface area contributed by atoms with Crippen LogP contribution in [0.4, 0.5) is 20.7 Å². The Hall–Kier alpha value is -4.19. The van der Waals surface area contributed by atoms with Crippen LogP contribution in [0.15, 0.2) is 97.2 Å². The van der Waals surface area contributed by atoms with Crippen molar-refractivity contribution in [3.8, 4) is 0 Å². The molecule has 0 radical (unpaired) electrons. The van der Waals surface area contributed by atoms with Crippen LogP contribution in [0.3, 0.4) is 0 Å². The Kier molecular flexibility index (Phi) is 6.94. The van der Waals surface area contributed by atoms with Gasteiger partial charge in [-0.05, 0) is 53.8 Å². The average molecular weight is 481 g/mol. The average Bonchev–Trinajstić information content (AvgIpc) is 2.92. The fourth-order valence-electron chi connectivity index (χ4n) is 4.58. The summed E-state index contributed by atoms with van der Waals surface area (Å²) in [6, 6.07) is 28.4. The van der Waals surface area contributed by atoms with E-state index in [-0.39, 0.29) is 17.9 Å². The molecule has 182 valence electrons. The lowest BCUT2D eigenvalue weighted by atomic mass is 10.0. The zero-order chi connectivity index (χ0) is 24.9. The summed E-state index contributed by atoms with van der Waals surface area (Å²) in [5, 5.41) is 3.44. The molecule has 0 aliphatic carbocycles. The van der Waals surface area contributed by atoms with E-state index in [0.717, 1.165) is 23.2 Å². The Morgan fingerprint density at radius 2 is 1.72 bits per heavy atom. The van der Waals surface area contributed by atoms with E-state index in [1.165, 1.54) is 23.3 Å². The Morgan fingerprint density at radius 1 is 1.00 bits per heavy atom. The number of amides is 2. The second kappa shape index (κ2) is 10.6. The molecule has 1 aromatic heterocycles. The van der Waals surface area contributed by atoms with Crippen molar-refractivity contribution in [3.63, 3.8) is 0 Å². The van der Waals surface area contributed by atoms with Crippen molar-refractivity contribution in [2.45, 2.75) is 32.5 Å². The second-order valence-electron chi connectivity index (χ2n) is 9.11. The van der Waals surface area contributed by atoms with Gasteiger partial charge in [0.25, 0.3) is 0 Å². The summed E-state index contributed by atoms with van der Waals surface area (Å²) in [6.45, 7) is 3.62. The van der Waals surface area contributed by atoms with Gasteiger partial charge in [0.2, 0.25) is 0 Å². The third-order valence-corrected chi connectivity index (χ3v) is 6.61. The highest BCUT2D eigenvalue weighted by molar-refractivity contribution is 5.92. The first-order chi connectivity index (χ1) is 17.6. The number of carbonyl (C=O) groups is 1. The fraction of sp³-hybridized carbons (Fsp3) is 0.200. The van der Waals surface area contributed by atoms with Crippen molar-refractivity contribution in [1.29, 1.82) is 0 Å². The lowest BCUT2D eigenvalue weighted by Crippen LogP contribution is -2.45.